The lowest BCUT2D eigenvalue weighted by Gasteiger charge is -2.20. The Morgan fingerprint density at radius 2 is 2.44 bits per heavy atom. The molecular weight excluding hydrogens is 114 g/mol. The highest BCUT2D eigenvalue weighted by Gasteiger charge is 2.10. The average molecular weight is 129 g/mol. The predicted molar refractivity (Wildman–Crippen MR) is 38.1 cm³/mol. The minimum absolute atomic E-state index is 0.215. The van der Waals surface area contributed by atoms with Gasteiger partial charge in [0.25, 0.3) is 0 Å². The van der Waals surface area contributed by atoms with Crippen molar-refractivity contribution >= 4 is 0 Å². The van der Waals surface area contributed by atoms with Gasteiger partial charge in [-0.15, -0.1) is 0 Å². The summed E-state index contributed by atoms with van der Waals surface area (Å²) in [5.41, 5.74) is 5.74. The molecule has 0 aromatic rings. The largest absolute Gasteiger partial charge is 0.315 e. The van der Waals surface area contributed by atoms with Gasteiger partial charge in [0, 0.05) is 13.1 Å². The molecule has 9 heavy (non-hydrogen) atoms. The fourth-order valence-corrected chi connectivity index (χ4v) is 1.03. The first-order valence-electron chi connectivity index (χ1n) is 3.47. The lowest BCUT2D eigenvalue weighted by atomic mass is 10.4. The smallest absolute Gasteiger partial charge is 0.0697 e. The van der Waals surface area contributed by atoms with E-state index in [4.69, 9.17) is 5.73 Å². The number of nitrogens with one attached hydrogen (secondary N) is 1. The van der Waals surface area contributed by atoms with Crippen LogP contribution in [0.5, 0.6) is 0 Å². The number of nitrogens with two attached hydrogens (primary N) is 1. The summed E-state index contributed by atoms with van der Waals surface area (Å²) < 4.78 is 0. The molecule has 1 atom stereocenters. The highest BCUT2D eigenvalue weighted by Crippen LogP contribution is 1.93. The molecule has 0 radical (unpaired) electrons. The van der Waals surface area contributed by atoms with Crippen LogP contribution >= 0.6 is 0 Å². The van der Waals surface area contributed by atoms with E-state index in [2.05, 4.69) is 17.3 Å². The monoisotopic (exact) mass is 129 g/mol. The number of likely N-dealkylation sites (N-methyl/N-ethyl adjacent to an activating group) is 1. The van der Waals surface area contributed by atoms with Crippen LogP contribution in [-0.2, 0) is 0 Å². The molecule has 1 fully saturated rings. The molecule has 0 bridgehead atoms. The topological polar surface area (TPSA) is 41.3 Å². The minimum atomic E-state index is 0.215. The summed E-state index contributed by atoms with van der Waals surface area (Å²) in [5.74, 6) is 0. The van der Waals surface area contributed by atoms with E-state index in [-0.39, 0.29) is 6.17 Å². The van der Waals surface area contributed by atoms with Crippen LogP contribution in [0.1, 0.15) is 6.42 Å². The number of hydrogen-bond acceptors (Lipinski definition) is 3. The number of nitrogens with zero attached hydrogens (tertiary/aromatic N) is 1. The molecule has 3 N–H and O–H groups in total. The zero-order valence-electron chi connectivity index (χ0n) is 5.93. The highest BCUT2D eigenvalue weighted by molar-refractivity contribution is 4.68. The van der Waals surface area contributed by atoms with Crippen molar-refractivity contribution in [3.05, 3.63) is 0 Å². The normalized spacial score (nSPS) is 32.0. The van der Waals surface area contributed by atoms with Gasteiger partial charge in [-0.1, -0.05) is 0 Å². The Hall–Kier alpha value is -0.120. The summed E-state index contributed by atoms with van der Waals surface area (Å²) in [4.78, 5) is 2.18. The van der Waals surface area contributed by atoms with E-state index in [0.717, 1.165) is 19.6 Å². The second-order valence-electron chi connectivity index (χ2n) is 2.61. The first-order chi connectivity index (χ1) is 4.30. The summed E-state index contributed by atoms with van der Waals surface area (Å²) in [6, 6.07) is 0. The lowest BCUT2D eigenvalue weighted by Crippen LogP contribution is -2.43. The molecule has 0 spiro atoms. The van der Waals surface area contributed by atoms with Crippen molar-refractivity contribution in [2.24, 2.45) is 5.73 Å². The second-order valence-corrected chi connectivity index (χ2v) is 2.61. The molecule has 0 aliphatic carbocycles. The van der Waals surface area contributed by atoms with Gasteiger partial charge in [-0.2, -0.15) is 0 Å². The molecule has 0 amide bonds. The van der Waals surface area contributed by atoms with Crippen molar-refractivity contribution in [3.63, 3.8) is 0 Å². The molecule has 1 heterocycles. The van der Waals surface area contributed by atoms with Crippen LogP contribution in [0.3, 0.4) is 0 Å². The van der Waals surface area contributed by atoms with Gasteiger partial charge in [0.05, 0.1) is 6.17 Å². The number of hydrogen-bond donors (Lipinski definition) is 2. The molecule has 1 aliphatic rings. The maximum Gasteiger partial charge on any atom is 0.0697 e. The standard InChI is InChI=1S/C6H15N3/c1-9-4-2-3-8-5-6(9)7/h6,8H,2-5,7H2,1H3/t6-/m0/s1. The maximum atomic E-state index is 5.74. The van der Waals surface area contributed by atoms with E-state index in [0.29, 0.717) is 0 Å². The summed E-state index contributed by atoms with van der Waals surface area (Å²) in [7, 11) is 2.07. The summed E-state index contributed by atoms with van der Waals surface area (Å²) >= 11 is 0. The molecule has 0 aromatic carbocycles. The van der Waals surface area contributed by atoms with E-state index in [1.165, 1.54) is 6.42 Å². The Balaban J connectivity index is 2.32. The third-order valence-corrected chi connectivity index (χ3v) is 1.78. The van der Waals surface area contributed by atoms with Crippen molar-refractivity contribution < 1.29 is 0 Å². The summed E-state index contributed by atoms with van der Waals surface area (Å²) in [5, 5.41) is 3.26. The van der Waals surface area contributed by atoms with Gasteiger partial charge in [-0.3, -0.25) is 4.90 Å². The third kappa shape index (κ3) is 1.93. The van der Waals surface area contributed by atoms with E-state index in [1.54, 1.807) is 0 Å². The van der Waals surface area contributed by atoms with Gasteiger partial charge >= 0.3 is 0 Å². The Labute approximate surface area is 56.2 Å². The zero-order chi connectivity index (χ0) is 6.69. The van der Waals surface area contributed by atoms with Gasteiger partial charge in [-0.25, -0.2) is 0 Å². The second kappa shape index (κ2) is 3.15. The van der Waals surface area contributed by atoms with Crippen LogP contribution in [0, 0.1) is 0 Å². The molecule has 0 aromatic heterocycles. The average Bonchev–Trinajstić information content (AvgIpc) is 1.99. The first-order valence-corrected chi connectivity index (χ1v) is 3.47. The maximum absolute atomic E-state index is 5.74. The van der Waals surface area contributed by atoms with Crippen LogP contribution in [0.4, 0.5) is 0 Å². The molecule has 0 saturated carbocycles. The van der Waals surface area contributed by atoms with E-state index >= 15 is 0 Å². The van der Waals surface area contributed by atoms with Gasteiger partial charge in [0.15, 0.2) is 0 Å². The summed E-state index contributed by atoms with van der Waals surface area (Å²) in [6.07, 6.45) is 1.43. The lowest BCUT2D eigenvalue weighted by molar-refractivity contribution is 0.263. The van der Waals surface area contributed by atoms with Gasteiger partial charge in [-0.05, 0) is 20.0 Å². The Morgan fingerprint density at radius 3 is 3.22 bits per heavy atom. The molecule has 3 nitrogen and oxygen atoms in total. The number of rotatable bonds is 0. The van der Waals surface area contributed by atoms with Gasteiger partial charge < -0.3 is 11.1 Å². The van der Waals surface area contributed by atoms with Crippen LogP contribution < -0.4 is 11.1 Å². The molecular formula is C6H15N3. The Morgan fingerprint density at radius 1 is 1.67 bits per heavy atom. The van der Waals surface area contributed by atoms with Crippen molar-refractivity contribution in [3.8, 4) is 0 Å². The Kier molecular flexibility index (Phi) is 2.45. The van der Waals surface area contributed by atoms with E-state index in [1.807, 2.05) is 0 Å². The molecule has 0 unspecified atom stereocenters. The fraction of sp³-hybridized carbons (Fsp3) is 1.00. The van der Waals surface area contributed by atoms with Crippen LogP contribution in [-0.4, -0.2) is 37.7 Å². The first kappa shape index (κ1) is 6.99. The molecule has 1 saturated heterocycles. The Bertz CT molecular complexity index is 74.4. The quantitative estimate of drug-likeness (QED) is 0.450. The highest BCUT2D eigenvalue weighted by atomic mass is 15.2. The van der Waals surface area contributed by atoms with Crippen molar-refractivity contribution in [1.82, 2.24) is 10.2 Å². The van der Waals surface area contributed by atoms with Crippen molar-refractivity contribution in [2.75, 3.05) is 26.7 Å². The SMILES string of the molecule is CN1CCCNC[C@H]1N. The fourth-order valence-electron chi connectivity index (χ4n) is 1.03. The molecule has 54 valence electrons. The molecule has 3 heteroatoms. The third-order valence-electron chi connectivity index (χ3n) is 1.78. The van der Waals surface area contributed by atoms with Gasteiger partial charge in [0.1, 0.15) is 0 Å². The van der Waals surface area contributed by atoms with Crippen molar-refractivity contribution in [1.29, 1.82) is 0 Å². The van der Waals surface area contributed by atoms with E-state index in [9.17, 15) is 0 Å². The predicted octanol–water partition coefficient (Wildman–Crippen LogP) is -0.804. The van der Waals surface area contributed by atoms with Crippen LogP contribution in [0.15, 0.2) is 0 Å². The van der Waals surface area contributed by atoms with Crippen LogP contribution in [0.25, 0.3) is 0 Å². The zero-order valence-corrected chi connectivity index (χ0v) is 5.93. The molecule has 1 rings (SSSR count). The van der Waals surface area contributed by atoms with Crippen LogP contribution in [0.2, 0.25) is 0 Å². The van der Waals surface area contributed by atoms with Crippen molar-refractivity contribution in [2.45, 2.75) is 12.6 Å². The van der Waals surface area contributed by atoms with E-state index < -0.39 is 0 Å². The minimum Gasteiger partial charge on any atom is -0.315 e. The molecule has 1 aliphatic heterocycles. The summed E-state index contributed by atoms with van der Waals surface area (Å²) in [6.45, 7) is 3.16. The van der Waals surface area contributed by atoms with Gasteiger partial charge in [0.2, 0.25) is 0 Å².